The molecule has 34 heavy (non-hydrogen) atoms. The highest BCUT2D eigenvalue weighted by Gasteiger charge is 2.30. The number of nitrogens with one attached hydrogen (secondary N) is 1. The molecule has 2 N–H and O–H groups in total. The summed E-state index contributed by atoms with van der Waals surface area (Å²) in [4.78, 5) is 23.5. The second kappa shape index (κ2) is 10.5. The van der Waals surface area contributed by atoms with E-state index in [0.29, 0.717) is 34.1 Å². The lowest BCUT2D eigenvalue weighted by Gasteiger charge is -2.15. The molecule has 6 nitrogen and oxygen atoms in total. The van der Waals surface area contributed by atoms with Gasteiger partial charge in [-0.2, -0.15) is 25.8 Å². The van der Waals surface area contributed by atoms with Crippen LogP contribution in [0.15, 0.2) is 60.7 Å². The Morgan fingerprint density at radius 3 is 2.38 bits per heavy atom. The molecule has 0 aromatic heterocycles. The number of carboxylic acids is 1. The number of ether oxygens (including phenoxy) is 2. The van der Waals surface area contributed by atoms with E-state index in [4.69, 9.17) is 14.6 Å². The fourth-order valence-corrected chi connectivity index (χ4v) is 3.37. The van der Waals surface area contributed by atoms with Crippen LogP contribution in [0.25, 0.3) is 0 Å². The van der Waals surface area contributed by atoms with Gasteiger partial charge in [0.2, 0.25) is 0 Å². The van der Waals surface area contributed by atoms with Crippen LogP contribution in [0.4, 0.5) is 18.9 Å². The molecule has 178 valence electrons. The van der Waals surface area contributed by atoms with Gasteiger partial charge in [0.1, 0.15) is 5.75 Å². The van der Waals surface area contributed by atoms with E-state index in [0.717, 1.165) is 12.1 Å². The van der Waals surface area contributed by atoms with E-state index < -0.39 is 23.6 Å². The maximum Gasteiger partial charge on any atom is 0.416 e. The zero-order valence-electron chi connectivity index (χ0n) is 17.8. The van der Waals surface area contributed by atoms with Gasteiger partial charge in [-0.3, -0.25) is 9.59 Å². The Morgan fingerprint density at radius 1 is 1.00 bits per heavy atom. The Hall–Kier alpha value is -3.66. The first kappa shape index (κ1) is 25.0. The van der Waals surface area contributed by atoms with Crippen LogP contribution in [0.3, 0.4) is 0 Å². The molecule has 0 unspecified atom stereocenters. The first-order chi connectivity index (χ1) is 16.1. The van der Waals surface area contributed by atoms with Gasteiger partial charge >= 0.3 is 12.1 Å². The van der Waals surface area contributed by atoms with Crippen molar-refractivity contribution in [2.75, 3.05) is 12.4 Å². The van der Waals surface area contributed by atoms with E-state index in [-0.39, 0.29) is 17.7 Å². The molecule has 0 radical (unpaired) electrons. The minimum Gasteiger partial charge on any atom is -0.493 e. The summed E-state index contributed by atoms with van der Waals surface area (Å²) in [7, 11) is 1.45. The molecule has 3 aromatic rings. The minimum atomic E-state index is -4.56. The fourth-order valence-electron chi connectivity index (χ4n) is 3.12. The number of benzene rings is 3. The molecule has 1 amide bonds. The summed E-state index contributed by atoms with van der Waals surface area (Å²) in [6.45, 7) is 0. The molecule has 3 aromatic carbocycles. The minimum absolute atomic E-state index is 0.137. The first-order valence-corrected chi connectivity index (χ1v) is 10.5. The predicted molar refractivity (Wildman–Crippen MR) is 123 cm³/mol. The average Bonchev–Trinajstić information content (AvgIpc) is 2.79. The highest BCUT2D eigenvalue weighted by molar-refractivity contribution is 7.79. The van der Waals surface area contributed by atoms with E-state index >= 15 is 0 Å². The molecular formula is C24H20F3NO5S. The van der Waals surface area contributed by atoms with E-state index in [9.17, 15) is 22.8 Å². The van der Waals surface area contributed by atoms with Crippen LogP contribution in [0.5, 0.6) is 17.2 Å². The van der Waals surface area contributed by atoms with Crippen molar-refractivity contribution in [2.45, 2.75) is 18.3 Å². The molecule has 0 atom stereocenters. The van der Waals surface area contributed by atoms with Crippen LogP contribution < -0.4 is 14.8 Å². The molecule has 0 fully saturated rings. The van der Waals surface area contributed by atoms with Crippen LogP contribution in [0.1, 0.15) is 27.0 Å². The van der Waals surface area contributed by atoms with Crippen LogP contribution in [0.2, 0.25) is 0 Å². The van der Waals surface area contributed by atoms with Crippen molar-refractivity contribution in [3.05, 3.63) is 82.9 Å². The van der Waals surface area contributed by atoms with Crippen molar-refractivity contribution in [2.24, 2.45) is 0 Å². The van der Waals surface area contributed by atoms with Gasteiger partial charge in [0.15, 0.2) is 11.5 Å². The van der Waals surface area contributed by atoms with Gasteiger partial charge < -0.3 is 19.9 Å². The van der Waals surface area contributed by atoms with Crippen molar-refractivity contribution in [3.63, 3.8) is 0 Å². The number of rotatable bonds is 8. The Kier molecular flexibility index (Phi) is 7.72. The number of methoxy groups -OCH3 is 1. The average molecular weight is 491 g/mol. The van der Waals surface area contributed by atoms with Crippen LogP contribution in [-0.4, -0.2) is 24.1 Å². The number of anilines is 1. The zero-order valence-corrected chi connectivity index (χ0v) is 18.7. The maximum atomic E-state index is 12.9. The third-order valence-corrected chi connectivity index (χ3v) is 5.08. The maximum absolute atomic E-state index is 12.9. The van der Waals surface area contributed by atoms with Crippen LogP contribution in [0, 0.1) is 0 Å². The number of hydrogen-bond acceptors (Lipinski definition) is 5. The molecular weight excluding hydrogens is 471 g/mol. The lowest BCUT2D eigenvalue weighted by Crippen LogP contribution is -2.14. The number of thiol groups is 1. The molecule has 10 heteroatoms. The van der Waals surface area contributed by atoms with E-state index in [1.54, 1.807) is 30.3 Å². The second-order valence-corrected chi connectivity index (χ2v) is 7.49. The number of carboxylic acid groups (broad SMARTS) is 1. The van der Waals surface area contributed by atoms with Crippen molar-refractivity contribution >= 4 is 30.2 Å². The number of halogens is 3. The third kappa shape index (κ3) is 6.22. The van der Waals surface area contributed by atoms with Gasteiger partial charge in [-0.25, -0.2) is 0 Å². The van der Waals surface area contributed by atoms with Crippen molar-refractivity contribution in [1.82, 2.24) is 0 Å². The van der Waals surface area contributed by atoms with Gasteiger partial charge in [-0.05, 0) is 54.1 Å². The Balaban J connectivity index is 1.83. The van der Waals surface area contributed by atoms with E-state index in [1.807, 2.05) is 0 Å². The fraction of sp³-hybridized carbons (Fsp3) is 0.167. The van der Waals surface area contributed by atoms with Crippen LogP contribution >= 0.6 is 12.6 Å². The van der Waals surface area contributed by atoms with Crippen molar-refractivity contribution in [3.8, 4) is 17.2 Å². The number of carbonyl (C=O) groups is 2. The number of carbonyl (C=O) groups excluding carboxylic acids is 1. The summed E-state index contributed by atoms with van der Waals surface area (Å²) in [5.41, 5.74) is 0.378. The Morgan fingerprint density at radius 2 is 1.74 bits per heavy atom. The molecule has 0 saturated carbocycles. The molecule has 0 heterocycles. The topological polar surface area (TPSA) is 84.9 Å². The summed E-state index contributed by atoms with van der Waals surface area (Å²) < 4.78 is 50.0. The smallest absolute Gasteiger partial charge is 0.416 e. The Bertz CT molecular complexity index is 1210. The Labute approximate surface area is 198 Å². The highest BCUT2D eigenvalue weighted by atomic mass is 32.1. The summed E-state index contributed by atoms with van der Waals surface area (Å²) in [6.07, 6.45) is -4.75. The number of hydrogen-bond donors (Lipinski definition) is 3. The summed E-state index contributed by atoms with van der Waals surface area (Å²) in [5.74, 6) is -0.398. The zero-order chi connectivity index (χ0) is 24.9. The van der Waals surface area contributed by atoms with Crippen LogP contribution in [-0.2, 0) is 23.1 Å². The van der Waals surface area contributed by atoms with Gasteiger partial charge in [-0.15, -0.1) is 0 Å². The monoisotopic (exact) mass is 491 g/mol. The number of alkyl halides is 3. The highest BCUT2D eigenvalue weighted by Crippen LogP contribution is 2.36. The first-order valence-electron chi connectivity index (χ1n) is 9.89. The molecule has 0 aliphatic heterocycles. The largest absolute Gasteiger partial charge is 0.493 e. The number of aliphatic carboxylic acids is 1. The van der Waals surface area contributed by atoms with Crippen molar-refractivity contribution in [1.29, 1.82) is 0 Å². The number of amides is 1. The SMILES string of the molecule is COc1ccc(CC(=O)O)cc1Oc1ccc(NC(=O)c2cccc(C(F)(F)F)c2)cc1CS. The van der Waals surface area contributed by atoms with Gasteiger partial charge in [-0.1, -0.05) is 12.1 Å². The van der Waals surface area contributed by atoms with Gasteiger partial charge in [0.05, 0.1) is 19.1 Å². The molecule has 0 saturated heterocycles. The van der Waals surface area contributed by atoms with E-state index in [1.165, 1.54) is 25.3 Å². The quantitative estimate of drug-likeness (QED) is 0.346. The molecule has 0 aliphatic carbocycles. The standard InChI is InChI=1S/C24H20F3NO5S/c1-32-20-7-5-14(10-22(29)30)9-21(20)33-19-8-6-18(12-16(19)13-34)28-23(31)15-3-2-4-17(11-15)24(25,26)27/h2-9,11-12,34H,10,13H2,1H3,(H,28,31)(H,29,30). The second-order valence-electron chi connectivity index (χ2n) is 7.17. The lowest BCUT2D eigenvalue weighted by atomic mass is 10.1. The summed E-state index contributed by atoms with van der Waals surface area (Å²) in [5, 5.41) is 11.6. The molecule has 3 rings (SSSR count). The lowest BCUT2D eigenvalue weighted by molar-refractivity contribution is -0.138. The normalized spacial score (nSPS) is 11.1. The van der Waals surface area contributed by atoms with Gasteiger partial charge in [0, 0.05) is 22.6 Å². The summed E-state index contributed by atoms with van der Waals surface area (Å²) >= 11 is 4.29. The predicted octanol–water partition coefficient (Wildman–Crippen LogP) is 5.82. The third-order valence-electron chi connectivity index (χ3n) is 4.74. The molecule has 0 bridgehead atoms. The van der Waals surface area contributed by atoms with E-state index in [2.05, 4.69) is 17.9 Å². The van der Waals surface area contributed by atoms with Gasteiger partial charge in [0.25, 0.3) is 5.91 Å². The molecule has 0 aliphatic rings. The molecule has 0 spiro atoms. The van der Waals surface area contributed by atoms with Crippen molar-refractivity contribution < 1.29 is 37.3 Å². The summed E-state index contributed by atoms with van der Waals surface area (Å²) in [6, 6.07) is 13.6.